The summed E-state index contributed by atoms with van der Waals surface area (Å²) in [6.07, 6.45) is 5.81. The molecule has 0 bridgehead atoms. The van der Waals surface area contributed by atoms with Gasteiger partial charge in [0.2, 0.25) is 0 Å². The quantitative estimate of drug-likeness (QED) is 0.481. The van der Waals surface area contributed by atoms with Crippen molar-refractivity contribution in [2.75, 3.05) is 5.32 Å². The second-order valence-corrected chi connectivity index (χ2v) is 3.33. The molecule has 1 atom stereocenters. The lowest BCUT2D eigenvalue weighted by molar-refractivity contribution is 0.112. The molecular weight excluding hydrogens is 214 g/mol. The number of carbonyl (C=O) groups excluding carboxylic acids is 1. The second kappa shape index (κ2) is 4.76. The van der Waals surface area contributed by atoms with Crippen molar-refractivity contribution in [2.24, 2.45) is 0 Å². The fourth-order valence-corrected chi connectivity index (χ4v) is 1.26. The van der Waals surface area contributed by atoms with Crippen LogP contribution in [0.25, 0.3) is 0 Å². The molecule has 1 aromatic rings. The molecule has 1 N–H and O–H groups in total. The Morgan fingerprint density at radius 2 is 2.27 bits per heavy atom. The summed E-state index contributed by atoms with van der Waals surface area (Å²) in [5.41, 5.74) is 0.226. The molecule has 0 aliphatic rings. The Morgan fingerprint density at radius 3 is 2.80 bits per heavy atom. The van der Waals surface area contributed by atoms with Crippen LogP contribution in [-0.2, 0) is 0 Å². The topological polar surface area (TPSA) is 54.9 Å². The highest BCUT2D eigenvalue weighted by molar-refractivity contribution is 6.32. The Hall–Kier alpha value is -1.60. The molecular formula is C10H10ClN3O. The molecule has 0 aliphatic carbocycles. The monoisotopic (exact) mass is 223 g/mol. The van der Waals surface area contributed by atoms with Crippen LogP contribution in [0, 0.1) is 19.3 Å². The van der Waals surface area contributed by atoms with Crippen LogP contribution in [0.5, 0.6) is 0 Å². The van der Waals surface area contributed by atoms with E-state index in [9.17, 15) is 4.79 Å². The van der Waals surface area contributed by atoms with Gasteiger partial charge in [0.25, 0.3) is 0 Å². The number of nitrogens with zero attached hydrogens (tertiary/aromatic N) is 2. The molecule has 0 aromatic carbocycles. The number of rotatable bonds is 3. The Kier molecular flexibility index (Phi) is 3.64. The number of terminal acetylenes is 1. The summed E-state index contributed by atoms with van der Waals surface area (Å²) in [4.78, 5) is 18.7. The number of aromatic nitrogens is 2. The van der Waals surface area contributed by atoms with E-state index >= 15 is 0 Å². The first-order chi connectivity index (χ1) is 7.08. The molecule has 5 heteroatoms. The van der Waals surface area contributed by atoms with Gasteiger partial charge in [0.15, 0.2) is 6.29 Å². The molecule has 0 spiro atoms. The molecule has 78 valence electrons. The summed E-state index contributed by atoms with van der Waals surface area (Å²) >= 11 is 5.79. The maximum atomic E-state index is 10.8. The zero-order valence-corrected chi connectivity index (χ0v) is 9.17. The van der Waals surface area contributed by atoms with Crippen molar-refractivity contribution >= 4 is 23.7 Å². The third-order valence-electron chi connectivity index (χ3n) is 1.73. The molecule has 1 aromatic heterocycles. The number of anilines is 1. The van der Waals surface area contributed by atoms with E-state index in [1.165, 1.54) is 0 Å². The Labute approximate surface area is 93.1 Å². The number of hydrogen-bond donors (Lipinski definition) is 1. The first-order valence-corrected chi connectivity index (χ1v) is 4.68. The van der Waals surface area contributed by atoms with E-state index in [0.29, 0.717) is 17.9 Å². The Morgan fingerprint density at radius 1 is 1.60 bits per heavy atom. The maximum Gasteiger partial charge on any atom is 0.156 e. The van der Waals surface area contributed by atoms with Crippen molar-refractivity contribution in [1.82, 2.24) is 9.97 Å². The van der Waals surface area contributed by atoms with Gasteiger partial charge in [0.1, 0.15) is 16.8 Å². The molecule has 15 heavy (non-hydrogen) atoms. The molecule has 0 fully saturated rings. The molecule has 4 nitrogen and oxygen atoms in total. The number of nitrogens with one attached hydrogen (secondary N) is 1. The summed E-state index contributed by atoms with van der Waals surface area (Å²) in [5.74, 6) is 3.33. The summed E-state index contributed by atoms with van der Waals surface area (Å²) in [6, 6.07) is -0.228. The van der Waals surface area contributed by atoms with E-state index in [0.717, 1.165) is 0 Å². The number of halogens is 1. The van der Waals surface area contributed by atoms with Gasteiger partial charge < -0.3 is 5.32 Å². The van der Waals surface area contributed by atoms with Crippen molar-refractivity contribution in [3.63, 3.8) is 0 Å². The van der Waals surface area contributed by atoms with Crippen LogP contribution in [0.15, 0.2) is 0 Å². The minimum Gasteiger partial charge on any atom is -0.356 e. The van der Waals surface area contributed by atoms with Crippen LogP contribution >= 0.6 is 11.6 Å². The Bertz CT molecular complexity index is 425. The summed E-state index contributed by atoms with van der Waals surface area (Å²) in [7, 11) is 0. The lowest BCUT2D eigenvalue weighted by Gasteiger charge is -2.11. The van der Waals surface area contributed by atoms with E-state index in [-0.39, 0.29) is 16.8 Å². The van der Waals surface area contributed by atoms with Gasteiger partial charge in [-0.3, -0.25) is 4.79 Å². The van der Waals surface area contributed by atoms with Gasteiger partial charge in [0, 0.05) is 0 Å². The zero-order chi connectivity index (χ0) is 11.4. The largest absolute Gasteiger partial charge is 0.356 e. The van der Waals surface area contributed by atoms with Crippen molar-refractivity contribution < 1.29 is 4.79 Å². The van der Waals surface area contributed by atoms with Crippen LogP contribution in [0.3, 0.4) is 0 Å². The standard InChI is InChI=1S/C10H10ClN3O/c1-4-6(2)12-10-8(5-15)9(11)13-7(3)14-10/h1,5-6H,2-3H3,(H,12,13,14). The van der Waals surface area contributed by atoms with Gasteiger partial charge in [-0.25, -0.2) is 9.97 Å². The minimum absolute atomic E-state index is 0.129. The fraction of sp³-hybridized carbons (Fsp3) is 0.300. The third kappa shape index (κ3) is 2.67. The first kappa shape index (κ1) is 11.5. The van der Waals surface area contributed by atoms with E-state index < -0.39 is 0 Å². The highest BCUT2D eigenvalue weighted by atomic mass is 35.5. The summed E-state index contributed by atoms with van der Waals surface area (Å²) in [6.45, 7) is 3.46. The second-order valence-electron chi connectivity index (χ2n) is 2.97. The van der Waals surface area contributed by atoms with Gasteiger partial charge in [0.05, 0.1) is 11.6 Å². The van der Waals surface area contributed by atoms with Crippen LogP contribution in [0.4, 0.5) is 5.82 Å². The average Bonchev–Trinajstić information content (AvgIpc) is 2.17. The van der Waals surface area contributed by atoms with Gasteiger partial charge in [-0.1, -0.05) is 17.5 Å². The van der Waals surface area contributed by atoms with E-state index in [2.05, 4.69) is 21.2 Å². The predicted octanol–water partition coefficient (Wildman–Crippen LogP) is 1.68. The van der Waals surface area contributed by atoms with Crippen molar-refractivity contribution in [3.05, 3.63) is 16.5 Å². The van der Waals surface area contributed by atoms with Crippen LogP contribution in [-0.4, -0.2) is 22.3 Å². The number of aldehydes is 1. The van der Waals surface area contributed by atoms with Crippen LogP contribution < -0.4 is 5.32 Å². The molecule has 0 amide bonds. The number of carbonyl (C=O) groups is 1. The van der Waals surface area contributed by atoms with Gasteiger partial charge in [-0.05, 0) is 13.8 Å². The van der Waals surface area contributed by atoms with Crippen LogP contribution in [0.2, 0.25) is 5.15 Å². The lowest BCUT2D eigenvalue weighted by Crippen LogP contribution is -2.16. The molecule has 0 aliphatic heterocycles. The number of hydrogen-bond acceptors (Lipinski definition) is 4. The molecule has 0 saturated carbocycles. The fourth-order valence-electron chi connectivity index (χ4n) is 1.01. The molecule has 1 heterocycles. The Balaban J connectivity index is 3.16. The van der Waals surface area contributed by atoms with Gasteiger partial charge in [-0.2, -0.15) is 0 Å². The molecule has 1 rings (SSSR count). The predicted molar refractivity (Wildman–Crippen MR) is 59.1 cm³/mol. The third-order valence-corrected chi connectivity index (χ3v) is 2.02. The highest BCUT2D eigenvalue weighted by Gasteiger charge is 2.11. The zero-order valence-electron chi connectivity index (χ0n) is 8.41. The minimum atomic E-state index is -0.228. The molecule has 0 radical (unpaired) electrons. The van der Waals surface area contributed by atoms with E-state index in [1.807, 2.05) is 0 Å². The molecule has 0 saturated heterocycles. The first-order valence-electron chi connectivity index (χ1n) is 4.30. The average molecular weight is 224 g/mol. The smallest absolute Gasteiger partial charge is 0.156 e. The van der Waals surface area contributed by atoms with Gasteiger partial charge in [-0.15, -0.1) is 6.42 Å². The summed E-state index contributed by atoms with van der Waals surface area (Å²) in [5, 5.41) is 3.02. The maximum absolute atomic E-state index is 10.8. The van der Waals surface area contributed by atoms with Crippen molar-refractivity contribution in [2.45, 2.75) is 19.9 Å². The SMILES string of the molecule is C#CC(C)Nc1nc(C)nc(Cl)c1C=O. The normalized spacial score (nSPS) is 11.6. The molecule has 1 unspecified atom stereocenters. The van der Waals surface area contributed by atoms with Crippen molar-refractivity contribution in [3.8, 4) is 12.3 Å². The lowest BCUT2D eigenvalue weighted by atomic mass is 10.3. The van der Waals surface area contributed by atoms with Crippen LogP contribution in [0.1, 0.15) is 23.1 Å². The highest BCUT2D eigenvalue weighted by Crippen LogP contribution is 2.19. The van der Waals surface area contributed by atoms with Crippen molar-refractivity contribution in [1.29, 1.82) is 0 Å². The van der Waals surface area contributed by atoms with E-state index in [4.69, 9.17) is 18.0 Å². The summed E-state index contributed by atoms with van der Waals surface area (Å²) < 4.78 is 0. The van der Waals surface area contributed by atoms with Gasteiger partial charge >= 0.3 is 0 Å². The van der Waals surface area contributed by atoms with E-state index in [1.54, 1.807) is 13.8 Å². The number of aryl methyl sites for hydroxylation is 1.